The van der Waals surface area contributed by atoms with Crippen molar-refractivity contribution >= 4 is 0 Å². The summed E-state index contributed by atoms with van der Waals surface area (Å²) in [4.78, 5) is 2.47. The Morgan fingerprint density at radius 2 is 1.48 bits per heavy atom. The van der Waals surface area contributed by atoms with Gasteiger partial charge in [0.1, 0.15) is 18.1 Å². The Balaban J connectivity index is 1.35. The zero-order valence-corrected chi connectivity index (χ0v) is 18.0. The average molecular weight is 414 g/mol. The monoisotopic (exact) mass is 413 g/mol. The number of piperidine rings is 1. The Kier molecular flexibility index (Phi) is 7.41. The Bertz CT molecular complexity index is 924. The first-order chi connectivity index (χ1) is 15.3. The van der Waals surface area contributed by atoms with E-state index in [0.717, 1.165) is 43.1 Å². The van der Waals surface area contributed by atoms with Crippen LogP contribution in [0, 0.1) is 5.92 Å². The third-order valence-electron chi connectivity index (χ3n) is 5.97. The Hall–Kier alpha value is -3.04. The van der Waals surface area contributed by atoms with Crippen molar-refractivity contribution in [3.63, 3.8) is 0 Å². The van der Waals surface area contributed by atoms with E-state index >= 15 is 0 Å². The van der Waals surface area contributed by atoms with Gasteiger partial charge >= 0.3 is 0 Å². The number of nitrogens with zero attached hydrogens (tertiary/aromatic N) is 1. The first-order valence-corrected chi connectivity index (χ1v) is 11.1. The van der Waals surface area contributed by atoms with E-state index in [2.05, 4.69) is 53.9 Å². The van der Waals surface area contributed by atoms with Crippen LogP contribution in [0.2, 0.25) is 0 Å². The van der Waals surface area contributed by atoms with Crippen molar-refractivity contribution < 1.29 is 9.47 Å². The van der Waals surface area contributed by atoms with Crippen LogP contribution in [0.1, 0.15) is 23.5 Å². The lowest BCUT2D eigenvalue weighted by atomic mass is 9.81. The zero-order chi connectivity index (χ0) is 21.3. The van der Waals surface area contributed by atoms with E-state index in [1.807, 2.05) is 48.5 Å². The Morgan fingerprint density at radius 3 is 2.16 bits per heavy atom. The lowest BCUT2D eigenvalue weighted by molar-refractivity contribution is 0.119. The molecular weight excluding hydrogens is 382 g/mol. The minimum absolute atomic E-state index is 0.449. The van der Waals surface area contributed by atoms with E-state index < -0.39 is 0 Å². The maximum absolute atomic E-state index is 6.23. The van der Waals surface area contributed by atoms with Gasteiger partial charge in [-0.2, -0.15) is 0 Å². The van der Waals surface area contributed by atoms with Crippen molar-refractivity contribution in [2.45, 2.75) is 18.9 Å². The van der Waals surface area contributed by atoms with Crippen LogP contribution in [0.5, 0.6) is 11.5 Å². The van der Waals surface area contributed by atoms with Crippen LogP contribution in [0.3, 0.4) is 0 Å². The number of hydrogen-bond donors (Lipinski definition) is 0. The summed E-state index contributed by atoms with van der Waals surface area (Å²) in [6.07, 6.45) is 3.15. The summed E-state index contributed by atoms with van der Waals surface area (Å²) in [5.74, 6) is 2.72. The first-order valence-electron chi connectivity index (χ1n) is 11.1. The number of rotatable bonds is 9. The SMILES string of the molecule is C=CCN1CC[C@@H](c2ccccc2)[C@H](COc2ccc(OCc3ccccc3)cc2)C1. The average Bonchev–Trinajstić information content (AvgIpc) is 2.84. The first kappa shape index (κ1) is 21.2. The molecule has 1 saturated heterocycles. The van der Waals surface area contributed by atoms with Gasteiger partial charge in [-0.3, -0.25) is 4.90 Å². The Morgan fingerprint density at radius 1 is 0.839 bits per heavy atom. The smallest absolute Gasteiger partial charge is 0.120 e. The summed E-state index contributed by atoms with van der Waals surface area (Å²) in [5, 5.41) is 0. The van der Waals surface area contributed by atoms with Crippen LogP contribution in [-0.2, 0) is 6.61 Å². The molecule has 0 N–H and O–H groups in total. The highest BCUT2D eigenvalue weighted by Gasteiger charge is 2.30. The molecule has 1 aliphatic rings. The van der Waals surface area contributed by atoms with Crippen LogP contribution >= 0.6 is 0 Å². The van der Waals surface area contributed by atoms with Crippen LogP contribution in [0.4, 0.5) is 0 Å². The van der Waals surface area contributed by atoms with Crippen molar-refractivity contribution in [2.75, 3.05) is 26.2 Å². The number of likely N-dealkylation sites (tertiary alicyclic amines) is 1. The normalized spacial score (nSPS) is 19.0. The second-order valence-corrected chi connectivity index (χ2v) is 8.17. The van der Waals surface area contributed by atoms with Gasteiger partial charge in [0, 0.05) is 19.0 Å². The van der Waals surface area contributed by atoms with Gasteiger partial charge in [0.2, 0.25) is 0 Å². The van der Waals surface area contributed by atoms with Gasteiger partial charge in [-0.05, 0) is 54.3 Å². The highest BCUT2D eigenvalue weighted by atomic mass is 16.5. The predicted octanol–water partition coefficient (Wildman–Crippen LogP) is 5.94. The molecule has 4 rings (SSSR count). The molecule has 3 heteroatoms. The van der Waals surface area contributed by atoms with E-state index in [9.17, 15) is 0 Å². The predicted molar refractivity (Wildman–Crippen MR) is 127 cm³/mol. The largest absolute Gasteiger partial charge is 0.493 e. The second kappa shape index (κ2) is 10.8. The molecular formula is C28H31NO2. The number of benzene rings is 3. The van der Waals surface area contributed by atoms with Crippen molar-refractivity contribution in [3.8, 4) is 11.5 Å². The molecule has 160 valence electrons. The molecule has 0 amide bonds. The van der Waals surface area contributed by atoms with E-state index in [4.69, 9.17) is 9.47 Å². The molecule has 31 heavy (non-hydrogen) atoms. The van der Waals surface area contributed by atoms with Gasteiger partial charge in [0.15, 0.2) is 0 Å². The molecule has 0 spiro atoms. The lowest BCUT2D eigenvalue weighted by Crippen LogP contribution is -2.41. The molecule has 3 aromatic rings. The zero-order valence-electron chi connectivity index (χ0n) is 18.0. The second-order valence-electron chi connectivity index (χ2n) is 8.17. The fraction of sp³-hybridized carbons (Fsp3) is 0.286. The minimum Gasteiger partial charge on any atom is -0.493 e. The third-order valence-corrected chi connectivity index (χ3v) is 5.97. The van der Waals surface area contributed by atoms with E-state index in [1.165, 1.54) is 5.56 Å². The third kappa shape index (κ3) is 5.99. The summed E-state index contributed by atoms with van der Waals surface area (Å²) in [7, 11) is 0. The van der Waals surface area contributed by atoms with Gasteiger partial charge in [-0.1, -0.05) is 66.7 Å². The molecule has 0 unspecified atom stereocenters. The molecule has 3 aromatic carbocycles. The van der Waals surface area contributed by atoms with E-state index in [0.29, 0.717) is 25.0 Å². The van der Waals surface area contributed by atoms with Gasteiger partial charge in [0.05, 0.1) is 6.61 Å². The highest BCUT2D eigenvalue weighted by Crippen LogP contribution is 2.33. The standard InChI is InChI=1S/C28H31NO2/c1-2-18-29-19-17-28(24-11-7-4-8-12-24)25(20-29)22-31-27-15-13-26(14-16-27)30-21-23-9-5-3-6-10-23/h2-16,25,28H,1,17-22H2/t25-,28-/m0/s1. The summed E-state index contributed by atoms with van der Waals surface area (Å²) in [6, 6.07) is 29.0. The maximum Gasteiger partial charge on any atom is 0.120 e. The Labute approximate surface area is 185 Å². The summed E-state index contributed by atoms with van der Waals surface area (Å²) < 4.78 is 12.1. The minimum atomic E-state index is 0.449. The topological polar surface area (TPSA) is 21.7 Å². The van der Waals surface area contributed by atoms with Crippen LogP contribution in [0.15, 0.2) is 97.6 Å². The van der Waals surface area contributed by atoms with Gasteiger partial charge in [-0.15, -0.1) is 6.58 Å². The van der Waals surface area contributed by atoms with E-state index in [1.54, 1.807) is 0 Å². The van der Waals surface area contributed by atoms with Crippen molar-refractivity contribution in [2.24, 2.45) is 5.92 Å². The van der Waals surface area contributed by atoms with Crippen molar-refractivity contribution in [1.82, 2.24) is 4.90 Å². The van der Waals surface area contributed by atoms with E-state index in [-0.39, 0.29) is 0 Å². The molecule has 2 atom stereocenters. The molecule has 1 aliphatic heterocycles. The summed E-state index contributed by atoms with van der Waals surface area (Å²) in [5.41, 5.74) is 2.58. The van der Waals surface area contributed by atoms with Gasteiger partial charge < -0.3 is 9.47 Å². The molecule has 0 radical (unpaired) electrons. The molecule has 0 bridgehead atoms. The van der Waals surface area contributed by atoms with Crippen LogP contribution < -0.4 is 9.47 Å². The van der Waals surface area contributed by atoms with Crippen LogP contribution in [-0.4, -0.2) is 31.1 Å². The summed E-state index contributed by atoms with van der Waals surface area (Å²) >= 11 is 0. The van der Waals surface area contributed by atoms with Gasteiger partial charge in [-0.25, -0.2) is 0 Å². The quantitative estimate of drug-likeness (QED) is 0.406. The van der Waals surface area contributed by atoms with Gasteiger partial charge in [0.25, 0.3) is 0 Å². The number of ether oxygens (including phenoxy) is 2. The fourth-order valence-electron chi connectivity index (χ4n) is 4.34. The molecule has 1 heterocycles. The molecule has 0 aromatic heterocycles. The molecule has 1 fully saturated rings. The van der Waals surface area contributed by atoms with Crippen LogP contribution in [0.25, 0.3) is 0 Å². The van der Waals surface area contributed by atoms with Crippen molar-refractivity contribution in [3.05, 3.63) is 109 Å². The molecule has 0 saturated carbocycles. The molecule has 0 aliphatic carbocycles. The summed E-state index contributed by atoms with van der Waals surface area (Å²) in [6.45, 7) is 8.26. The number of hydrogen-bond acceptors (Lipinski definition) is 3. The van der Waals surface area contributed by atoms with Crippen molar-refractivity contribution in [1.29, 1.82) is 0 Å². The fourth-order valence-corrected chi connectivity index (χ4v) is 4.34. The maximum atomic E-state index is 6.23. The highest BCUT2D eigenvalue weighted by molar-refractivity contribution is 5.31. The lowest BCUT2D eigenvalue weighted by Gasteiger charge is -2.38. The molecule has 3 nitrogen and oxygen atoms in total.